The van der Waals surface area contributed by atoms with Crippen LogP contribution in [-0.4, -0.2) is 33.8 Å². The summed E-state index contributed by atoms with van der Waals surface area (Å²) in [5.41, 5.74) is 5.70. The lowest BCUT2D eigenvalue weighted by atomic mass is 10.4. The molecular formula is C11H12BrN5O2S. The summed E-state index contributed by atoms with van der Waals surface area (Å²) >= 11 is 3.21. The number of halogens is 1. The highest BCUT2D eigenvalue weighted by Crippen LogP contribution is 2.26. The van der Waals surface area contributed by atoms with E-state index >= 15 is 0 Å². The Kier molecular flexibility index (Phi) is 3.27. The maximum Gasteiger partial charge on any atom is 0.247 e. The summed E-state index contributed by atoms with van der Waals surface area (Å²) in [6.45, 7) is 1.20. The first-order valence-corrected chi connectivity index (χ1v) is 8.13. The van der Waals surface area contributed by atoms with E-state index in [1.807, 2.05) is 10.8 Å². The number of hydrogen-bond acceptors (Lipinski definition) is 5. The van der Waals surface area contributed by atoms with Crippen molar-refractivity contribution in [2.24, 2.45) is 0 Å². The van der Waals surface area contributed by atoms with Gasteiger partial charge in [-0.1, -0.05) is 0 Å². The van der Waals surface area contributed by atoms with E-state index < -0.39 is 10.0 Å². The van der Waals surface area contributed by atoms with E-state index in [1.165, 1.54) is 16.6 Å². The second-order valence-electron chi connectivity index (χ2n) is 4.41. The van der Waals surface area contributed by atoms with Crippen LogP contribution < -0.4 is 5.73 Å². The number of anilines is 1. The van der Waals surface area contributed by atoms with Crippen LogP contribution >= 0.6 is 15.9 Å². The van der Waals surface area contributed by atoms with Gasteiger partial charge in [-0.3, -0.25) is 0 Å². The molecule has 2 N–H and O–H groups in total. The second kappa shape index (κ2) is 4.83. The molecule has 20 heavy (non-hydrogen) atoms. The predicted octanol–water partition coefficient (Wildman–Crippen LogP) is 0.827. The Balaban J connectivity index is 1.99. The van der Waals surface area contributed by atoms with E-state index in [0.717, 1.165) is 5.82 Å². The minimum Gasteiger partial charge on any atom is -0.383 e. The van der Waals surface area contributed by atoms with Gasteiger partial charge >= 0.3 is 0 Å². The monoisotopic (exact) mass is 357 g/mol. The van der Waals surface area contributed by atoms with Gasteiger partial charge in [0.25, 0.3) is 0 Å². The number of pyridine rings is 1. The van der Waals surface area contributed by atoms with Crippen molar-refractivity contribution < 1.29 is 8.42 Å². The van der Waals surface area contributed by atoms with E-state index in [4.69, 9.17) is 5.73 Å². The summed E-state index contributed by atoms with van der Waals surface area (Å²) in [6.07, 6.45) is 4.98. The smallest absolute Gasteiger partial charge is 0.247 e. The van der Waals surface area contributed by atoms with Gasteiger partial charge in [-0.25, -0.2) is 18.4 Å². The first-order valence-electron chi connectivity index (χ1n) is 5.89. The SMILES string of the molecule is Nc1ncc(Br)cc1S(=O)(=O)N1CCn2ccnc2C1. The fourth-order valence-electron chi connectivity index (χ4n) is 2.13. The van der Waals surface area contributed by atoms with Crippen molar-refractivity contribution in [3.63, 3.8) is 0 Å². The van der Waals surface area contributed by atoms with Gasteiger partial charge in [-0.15, -0.1) is 0 Å². The molecule has 0 unspecified atom stereocenters. The molecule has 1 aliphatic rings. The molecule has 2 aromatic heterocycles. The molecule has 0 fully saturated rings. The summed E-state index contributed by atoms with van der Waals surface area (Å²) in [5, 5.41) is 0. The number of nitrogen functional groups attached to an aromatic ring is 1. The molecule has 0 atom stereocenters. The molecule has 0 saturated carbocycles. The lowest BCUT2D eigenvalue weighted by Crippen LogP contribution is -2.38. The Hall–Kier alpha value is -1.45. The Labute approximate surface area is 124 Å². The number of fused-ring (bicyclic) bond motifs is 1. The standard InChI is InChI=1S/C11H12BrN5O2S/c12-8-5-9(11(13)15-6-8)20(18,19)17-4-3-16-2-1-14-10(16)7-17/h1-2,5-6H,3-4,7H2,(H2,13,15). The van der Waals surface area contributed by atoms with E-state index in [1.54, 1.807) is 6.20 Å². The van der Waals surface area contributed by atoms with Gasteiger partial charge in [0.2, 0.25) is 10.0 Å². The van der Waals surface area contributed by atoms with E-state index in [-0.39, 0.29) is 17.3 Å². The number of aromatic nitrogens is 3. The van der Waals surface area contributed by atoms with Crippen molar-refractivity contribution in [3.8, 4) is 0 Å². The van der Waals surface area contributed by atoms with Crippen LogP contribution in [-0.2, 0) is 23.1 Å². The summed E-state index contributed by atoms with van der Waals surface area (Å²) in [5.74, 6) is 0.725. The van der Waals surface area contributed by atoms with Gasteiger partial charge in [0.15, 0.2) is 0 Å². The summed E-state index contributed by atoms with van der Waals surface area (Å²) in [4.78, 5) is 8.05. The van der Waals surface area contributed by atoms with Crippen LogP contribution in [0.25, 0.3) is 0 Å². The lowest BCUT2D eigenvalue weighted by Gasteiger charge is -2.27. The topological polar surface area (TPSA) is 94.1 Å². The average molecular weight is 358 g/mol. The van der Waals surface area contributed by atoms with Crippen LogP contribution in [0.3, 0.4) is 0 Å². The van der Waals surface area contributed by atoms with Crippen molar-refractivity contribution in [1.82, 2.24) is 18.8 Å². The summed E-state index contributed by atoms with van der Waals surface area (Å²) < 4.78 is 29.2. The number of nitrogens with zero attached hydrogens (tertiary/aromatic N) is 4. The Bertz CT molecular complexity index is 758. The molecule has 0 radical (unpaired) electrons. The highest BCUT2D eigenvalue weighted by molar-refractivity contribution is 9.10. The van der Waals surface area contributed by atoms with Crippen LogP contribution in [0.4, 0.5) is 5.82 Å². The molecule has 3 rings (SSSR count). The first-order chi connectivity index (χ1) is 9.48. The van der Waals surface area contributed by atoms with Crippen LogP contribution in [0.5, 0.6) is 0 Å². The van der Waals surface area contributed by atoms with Gasteiger partial charge in [-0.2, -0.15) is 4.31 Å². The molecule has 9 heteroatoms. The molecule has 0 amide bonds. The van der Waals surface area contributed by atoms with Crippen LogP contribution in [0.1, 0.15) is 5.82 Å². The Morgan fingerprint density at radius 1 is 1.30 bits per heavy atom. The highest BCUT2D eigenvalue weighted by atomic mass is 79.9. The predicted molar refractivity (Wildman–Crippen MR) is 76.2 cm³/mol. The molecular weight excluding hydrogens is 346 g/mol. The van der Waals surface area contributed by atoms with E-state index in [2.05, 4.69) is 25.9 Å². The van der Waals surface area contributed by atoms with E-state index in [9.17, 15) is 8.42 Å². The van der Waals surface area contributed by atoms with Gasteiger partial charge in [0.1, 0.15) is 16.5 Å². The largest absolute Gasteiger partial charge is 0.383 e. The van der Waals surface area contributed by atoms with Crippen molar-refractivity contribution in [2.75, 3.05) is 12.3 Å². The minimum absolute atomic E-state index is 0.00196. The van der Waals surface area contributed by atoms with Gasteiger partial charge in [0.05, 0.1) is 6.54 Å². The van der Waals surface area contributed by atoms with Crippen LogP contribution in [0.15, 0.2) is 34.0 Å². The van der Waals surface area contributed by atoms with E-state index in [0.29, 0.717) is 17.6 Å². The number of hydrogen-bond donors (Lipinski definition) is 1. The molecule has 0 saturated heterocycles. The van der Waals surface area contributed by atoms with Crippen molar-refractivity contribution in [3.05, 3.63) is 35.0 Å². The fourth-order valence-corrected chi connectivity index (χ4v) is 4.09. The average Bonchev–Trinajstić information content (AvgIpc) is 2.88. The molecule has 0 bridgehead atoms. The third-order valence-corrected chi connectivity index (χ3v) is 5.48. The lowest BCUT2D eigenvalue weighted by molar-refractivity contribution is 0.335. The summed E-state index contributed by atoms with van der Waals surface area (Å²) in [6, 6.07) is 1.47. The third kappa shape index (κ3) is 2.21. The summed E-state index contributed by atoms with van der Waals surface area (Å²) in [7, 11) is -3.67. The highest BCUT2D eigenvalue weighted by Gasteiger charge is 2.30. The molecule has 3 heterocycles. The van der Waals surface area contributed by atoms with Gasteiger partial charge in [0, 0.05) is 36.2 Å². The van der Waals surface area contributed by atoms with Gasteiger partial charge in [-0.05, 0) is 22.0 Å². The molecule has 0 aliphatic carbocycles. The Morgan fingerprint density at radius 3 is 2.90 bits per heavy atom. The van der Waals surface area contributed by atoms with Crippen molar-refractivity contribution >= 4 is 31.8 Å². The molecule has 7 nitrogen and oxygen atoms in total. The molecule has 106 valence electrons. The number of imidazole rings is 1. The fraction of sp³-hybridized carbons (Fsp3) is 0.273. The zero-order valence-electron chi connectivity index (χ0n) is 10.4. The molecule has 1 aliphatic heterocycles. The maximum absolute atomic E-state index is 12.6. The zero-order valence-corrected chi connectivity index (χ0v) is 12.8. The normalized spacial score (nSPS) is 16.1. The first kappa shape index (κ1) is 13.5. The zero-order chi connectivity index (χ0) is 14.3. The Morgan fingerprint density at radius 2 is 2.10 bits per heavy atom. The van der Waals surface area contributed by atoms with Crippen molar-refractivity contribution in [1.29, 1.82) is 0 Å². The van der Waals surface area contributed by atoms with Crippen LogP contribution in [0.2, 0.25) is 0 Å². The molecule has 0 spiro atoms. The van der Waals surface area contributed by atoms with Crippen molar-refractivity contribution in [2.45, 2.75) is 18.0 Å². The van der Waals surface area contributed by atoms with Crippen LogP contribution in [0, 0.1) is 0 Å². The molecule has 0 aromatic carbocycles. The number of rotatable bonds is 2. The minimum atomic E-state index is -3.67. The number of nitrogens with two attached hydrogens (primary N) is 1. The third-order valence-electron chi connectivity index (χ3n) is 3.18. The second-order valence-corrected chi connectivity index (χ2v) is 7.23. The van der Waals surface area contributed by atoms with Gasteiger partial charge < -0.3 is 10.3 Å². The molecule has 2 aromatic rings. The maximum atomic E-state index is 12.6. The number of sulfonamides is 1. The quantitative estimate of drug-likeness (QED) is 0.858.